The number of carbonyl (C=O) groups is 3. The van der Waals surface area contributed by atoms with Gasteiger partial charge in [0.05, 0.1) is 0 Å². The predicted molar refractivity (Wildman–Crippen MR) is 125 cm³/mol. The van der Waals surface area contributed by atoms with E-state index in [1.54, 1.807) is 24.4 Å². The van der Waals surface area contributed by atoms with E-state index in [0.717, 1.165) is 36.8 Å². The minimum atomic E-state index is -0.287. The maximum absolute atomic E-state index is 13.1. The van der Waals surface area contributed by atoms with Gasteiger partial charge in [-0.05, 0) is 56.0 Å². The van der Waals surface area contributed by atoms with Crippen LogP contribution in [-0.2, 0) is 14.4 Å². The summed E-state index contributed by atoms with van der Waals surface area (Å²) < 4.78 is 0. The van der Waals surface area contributed by atoms with Crippen molar-refractivity contribution in [3.05, 3.63) is 53.7 Å². The average molecular weight is 437 g/mol. The van der Waals surface area contributed by atoms with E-state index < -0.39 is 0 Å². The fourth-order valence-corrected chi connectivity index (χ4v) is 4.00. The van der Waals surface area contributed by atoms with E-state index in [1.807, 2.05) is 32.0 Å². The molecule has 1 aliphatic carbocycles. The predicted octanol–water partition coefficient (Wildman–Crippen LogP) is 3.90. The van der Waals surface area contributed by atoms with Crippen molar-refractivity contribution in [1.29, 1.82) is 0 Å². The summed E-state index contributed by atoms with van der Waals surface area (Å²) in [5.41, 5.74) is 2.70. The molecule has 1 aromatic carbocycles. The summed E-state index contributed by atoms with van der Waals surface area (Å²) in [5, 5.41) is 5.78. The third kappa shape index (κ3) is 6.64. The van der Waals surface area contributed by atoms with Crippen LogP contribution in [0.15, 0.2) is 42.6 Å². The zero-order chi connectivity index (χ0) is 22.9. The standard InChI is InChI=1S/C25H32N4O3/c1-18-9-8-12-21(19(18)2)29(17-24(31)27-20-10-4-3-5-11-20)25(32)15-14-23(30)28-22-13-6-7-16-26-22/h6-9,12-13,16,20H,3-5,10-11,14-15,17H2,1-2H3,(H,27,31)(H,26,28,30). The van der Waals surface area contributed by atoms with Crippen molar-refractivity contribution >= 4 is 29.2 Å². The van der Waals surface area contributed by atoms with Crippen LogP contribution in [0.5, 0.6) is 0 Å². The van der Waals surface area contributed by atoms with Crippen LogP contribution in [0.1, 0.15) is 56.1 Å². The molecule has 0 aliphatic heterocycles. The van der Waals surface area contributed by atoms with Gasteiger partial charge in [0, 0.05) is 30.8 Å². The largest absolute Gasteiger partial charge is 0.352 e. The smallest absolute Gasteiger partial charge is 0.240 e. The Morgan fingerprint density at radius 3 is 2.47 bits per heavy atom. The Morgan fingerprint density at radius 2 is 1.75 bits per heavy atom. The number of rotatable bonds is 8. The lowest BCUT2D eigenvalue weighted by Gasteiger charge is -2.27. The highest BCUT2D eigenvalue weighted by Crippen LogP contribution is 2.24. The van der Waals surface area contributed by atoms with E-state index in [1.165, 1.54) is 11.3 Å². The van der Waals surface area contributed by atoms with Crippen molar-refractivity contribution in [2.45, 2.75) is 64.8 Å². The van der Waals surface area contributed by atoms with Crippen molar-refractivity contribution in [2.75, 3.05) is 16.8 Å². The Balaban J connectivity index is 1.66. The number of aromatic nitrogens is 1. The Hall–Kier alpha value is -3.22. The first kappa shape index (κ1) is 23.4. The number of nitrogens with zero attached hydrogens (tertiary/aromatic N) is 2. The molecule has 0 radical (unpaired) electrons. The third-order valence-electron chi connectivity index (χ3n) is 5.94. The number of carbonyl (C=O) groups excluding carboxylic acids is 3. The fourth-order valence-electron chi connectivity index (χ4n) is 4.00. The molecule has 3 amide bonds. The van der Waals surface area contributed by atoms with Crippen LogP contribution >= 0.6 is 0 Å². The van der Waals surface area contributed by atoms with Gasteiger partial charge in [0.1, 0.15) is 12.4 Å². The van der Waals surface area contributed by atoms with Crippen LogP contribution in [0.4, 0.5) is 11.5 Å². The number of benzene rings is 1. The Kier molecular flexibility index (Phi) is 8.36. The molecule has 0 atom stereocenters. The summed E-state index contributed by atoms with van der Waals surface area (Å²) in [6.45, 7) is 3.86. The molecule has 32 heavy (non-hydrogen) atoms. The molecule has 1 saturated carbocycles. The van der Waals surface area contributed by atoms with Gasteiger partial charge in [0.15, 0.2) is 0 Å². The van der Waals surface area contributed by atoms with E-state index in [0.29, 0.717) is 11.5 Å². The summed E-state index contributed by atoms with van der Waals surface area (Å²) in [6, 6.07) is 11.1. The average Bonchev–Trinajstić information content (AvgIpc) is 2.79. The lowest BCUT2D eigenvalue weighted by atomic mass is 9.95. The summed E-state index contributed by atoms with van der Waals surface area (Å²) >= 11 is 0. The van der Waals surface area contributed by atoms with Crippen molar-refractivity contribution in [2.24, 2.45) is 0 Å². The molecule has 170 valence electrons. The van der Waals surface area contributed by atoms with Gasteiger partial charge in [-0.2, -0.15) is 0 Å². The molecule has 7 heteroatoms. The maximum atomic E-state index is 13.1. The fraction of sp³-hybridized carbons (Fsp3) is 0.440. The molecule has 1 aromatic heterocycles. The third-order valence-corrected chi connectivity index (χ3v) is 5.94. The van der Waals surface area contributed by atoms with Gasteiger partial charge in [-0.15, -0.1) is 0 Å². The number of amides is 3. The second-order valence-electron chi connectivity index (χ2n) is 8.36. The monoisotopic (exact) mass is 436 g/mol. The molecule has 0 saturated heterocycles. The zero-order valence-corrected chi connectivity index (χ0v) is 18.9. The van der Waals surface area contributed by atoms with Gasteiger partial charge in [-0.3, -0.25) is 14.4 Å². The number of pyridine rings is 1. The number of aryl methyl sites for hydroxylation is 1. The van der Waals surface area contributed by atoms with Gasteiger partial charge in [0.2, 0.25) is 17.7 Å². The van der Waals surface area contributed by atoms with Gasteiger partial charge in [-0.1, -0.05) is 37.5 Å². The quantitative estimate of drug-likeness (QED) is 0.657. The molecule has 2 N–H and O–H groups in total. The van der Waals surface area contributed by atoms with Crippen LogP contribution in [0.25, 0.3) is 0 Å². The SMILES string of the molecule is Cc1cccc(N(CC(=O)NC2CCCCC2)C(=O)CCC(=O)Nc2ccccn2)c1C. The highest BCUT2D eigenvalue weighted by molar-refractivity contribution is 6.01. The minimum Gasteiger partial charge on any atom is -0.352 e. The Bertz CT molecular complexity index is 939. The van der Waals surface area contributed by atoms with Crippen molar-refractivity contribution < 1.29 is 14.4 Å². The summed E-state index contributed by atoms with van der Waals surface area (Å²) in [4.78, 5) is 43.8. The zero-order valence-electron chi connectivity index (χ0n) is 18.9. The van der Waals surface area contributed by atoms with Crippen LogP contribution in [0.3, 0.4) is 0 Å². The van der Waals surface area contributed by atoms with Gasteiger partial charge in [0.25, 0.3) is 0 Å². The Morgan fingerprint density at radius 1 is 0.969 bits per heavy atom. The van der Waals surface area contributed by atoms with E-state index in [2.05, 4.69) is 15.6 Å². The van der Waals surface area contributed by atoms with Gasteiger partial charge in [-0.25, -0.2) is 4.98 Å². The molecular formula is C25H32N4O3. The molecule has 0 unspecified atom stereocenters. The molecule has 1 heterocycles. The summed E-state index contributed by atoms with van der Waals surface area (Å²) in [6.07, 6.45) is 7.03. The van der Waals surface area contributed by atoms with Gasteiger partial charge < -0.3 is 15.5 Å². The topological polar surface area (TPSA) is 91.4 Å². The molecule has 0 spiro atoms. The van der Waals surface area contributed by atoms with E-state index in [9.17, 15) is 14.4 Å². The highest BCUT2D eigenvalue weighted by atomic mass is 16.2. The van der Waals surface area contributed by atoms with Crippen LogP contribution in [0.2, 0.25) is 0 Å². The van der Waals surface area contributed by atoms with E-state index >= 15 is 0 Å². The normalized spacial score (nSPS) is 13.9. The number of nitrogens with one attached hydrogen (secondary N) is 2. The van der Waals surface area contributed by atoms with Crippen molar-refractivity contribution in [3.63, 3.8) is 0 Å². The first-order valence-corrected chi connectivity index (χ1v) is 11.3. The lowest BCUT2D eigenvalue weighted by Crippen LogP contribution is -2.45. The van der Waals surface area contributed by atoms with Crippen molar-refractivity contribution in [1.82, 2.24) is 10.3 Å². The molecule has 7 nitrogen and oxygen atoms in total. The van der Waals surface area contributed by atoms with E-state index in [4.69, 9.17) is 0 Å². The van der Waals surface area contributed by atoms with E-state index in [-0.39, 0.29) is 43.1 Å². The number of anilines is 2. The molecule has 2 aromatic rings. The number of hydrogen-bond donors (Lipinski definition) is 2. The summed E-state index contributed by atoms with van der Waals surface area (Å²) in [5.74, 6) is -0.259. The Labute approximate surface area is 189 Å². The maximum Gasteiger partial charge on any atom is 0.240 e. The first-order valence-electron chi connectivity index (χ1n) is 11.3. The van der Waals surface area contributed by atoms with Crippen LogP contribution < -0.4 is 15.5 Å². The van der Waals surface area contributed by atoms with Crippen molar-refractivity contribution in [3.8, 4) is 0 Å². The molecule has 1 aliphatic rings. The first-order chi connectivity index (χ1) is 15.4. The van der Waals surface area contributed by atoms with Crippen LogP contribution in [-0.4, -0.2) is 35.3 Å². The molecular weight excluding hydrogens is 404 g/mol. The molecule has 1 fully saturated rings. The summed E-state index contributed by atoms with van der Waals surface area (Å²) in [7, 11) is 0. The highest BCUT2D eigenvalue weighted by Gasteiger charge is 2.24. The van der Waals surface area contributed by atoms with Gasteiger partial charge >= 0.3 is 0 Å². The minimum absolute atomic E-state index is 0.00274. The second kappa shape index (κ2) is 11.4. The second-order valence-corrected chi connectivity index (χ2v) is 8.36. The molecule has 0 bridgehead atoms. The number of hydrogen-bond acceptors (Lipinski definition) is 4. The lowest BCUT2D eigenvalue weighted by molar-refractivity contribution is -0.125. The molecule has 3 rings (SSSR count). The van der Waals surface area contributed by atoms with Crippen LogP contribution in [0, 0.1) is 13.8 Å².